The van der Waals surface area contributed by atoms with Crippen LogP contribution in [-0.2, 0) is 0 Å². The second-order valence-electron chi connectivity index (χ2n) is 4.64. The van der Waals surface area contributed by atoms with Gasteiger partial charge in [0.15, 0.2) is 5.78 Å². The van der Waals surface area contributed by atoms with Crippen LogP contribution in [0.5, 0.6) is 11.5 Å². The van der Waals surface area contributed by atoms with Crippen LogP contribution >= 0.6 is 0 Å². The van der Waals surface area contributed by atoms with Gasteiger partial charge in [-0.25, -0.2) is 4.79 Å². The molecule has 0 spiro atoms. The molecule has 108 valence electrons. The highest BCUT2D eigenvalue weighted by Crippen LogP contribution is 2.27. The van der Waals surface area contributed by atoms with E-state index in [0.29, 0.717) is 29.0 Å². The first-order valence-corrected chi connectivity index (χ1v) is 6.67. The summed E-state index contributed by atoms with van der Waals surface area (Å²) in [7, 11) is 0. The second kappa shape index (κ2) is 6.22. The lowest BCUT2D eigenvalue weighted by molar-refractivity contribution is 0.0695. The Kier molecular flexibility index (Phi) is 4.38. The summed E-state index contributed by atoms with van der Waals surface area (Å²) in [6, 6.07) is 11.7. The van der Waals surface area contributed by atoms with Gasteiger partial charge >= 0.3 is 5.97 Å². The van der Waals surface area contributed by atoms with E-state index in [9.17, 15) is 9.59 Å². The number of carboxylic acid groups (broad SMARTS) is 1. The summed E-state index contributed by atoms with van der Waals surface area (Å²) in [4.78, 5) is 22.6. The average molecular weight is 284 g/mol. The minimum Gasteiger partial charge on any atom is -0.478 e. The van der Waals surface area contributed by atoms with Crippen molar-refractivity contribution in [2.45, 2.75) is 20.3 Å². The third-order valence-corrected chi connectivity index (χ3v) is 3.24. The molecule has 0 saturated carbocycles. The van der Waals surface area contributed by atoms with Crippen LogP contribution in [0.15, 0.2) is 42.5 Å². The predicted octanol–water partition coefficient (Wildman–Crippen LogP) is 4.08. The van der Waals surface area contributed by atoms with Crippen LogP contribution in [0.2, 0.25) is 0 Å². The minimum atomic E-state index is -0.984. The van der Waals surface area contributed by atoms with Crippen LogP contribution in [0.4, 0.5) is 0 Å². The van der Waals surface area contributed by atoms with Gasteiger partial charge in [0.2, 0.25) is 0 Å². The molecule has 0 aliphatic rings. The Balaban J connectivity index is 2.24. The van der Waals surface area contributed by atoms with Crippen molar-refractivity contribution in [3.63, 3.8) is 0 Å². The van der Waals surface area contributed by atoms with Crippen molar-refractivity contribution in [3.8, 4) is 11.5 Å². The Bertz CT molecular complexity index is 672. The Morgan fingerprint density at radius 3 is 2.33 bits per heavy atom. The fourth-order valence-electron chi connectivity index (χ4n) is 2.00. The van der Waals surface area contributed by atoms with Gasteiger partial charge in [-0.05, 0) is 43.3 Å². The summed E-state index contributed by atoms with van der Waals surface area (Å²) >= 11 is 0. The maximum Gasteiger partial charge on any atom is 0.336 e. The van der Waals surface area contributed by atoms with Crippen molar-refractivity contribution in [3.05, 3.63) is 59.2 Å². The number of hydrogen-bond donors (Lipinski definition) is 1. The predicted molar refractivity (Wildman–Crippen MR) is 79.3 cm³/mol. The van der Waals surface area contributed by atoms with Gasteiger partial charge in [0.05, 0.1) is 5.56 Å². The summed E-state index contributed by atoms with van der Waals surface area (Å²) in [5.74, 6) is 0.144. The van der Waals surface area contributed by atoms with Gasteiger partial charge in [-0.1, -0.05) is 13.0 Å². The largest absolute Gasteiger partial charge is 0.478 e. The molecule has 0 heterocycles. The number of benzene rings is 2. The molecule has 0 atom stereocenters. The Labute approximate surface area is 123 Å². The molecular weight excluding hydrogens is 268 g/mol. The number of aromatic carboxylic acids is 1. The number of ketones is 1. The summed E-state index contributed by atoms with van der Waals surface area (Å²) in [6.45, 7) is 3.52. The Morgan fingerprint density at radius 2 is 1.76 bits per heavy atom. The molecule has 0 bridgehead atoms. The zero-order valence-electron chi connectivity index (χ0n) is 11.9. The van der Waals surface area contributed by atoms with Gasteiger partial charge < -0.3 is 9.84 Å². The number of carbonyl (C=O) groups is 2. The fraction of sp³-hybridized carbons (Fsp3) is 0.176. The van der Waals surface area contributed by atoms with Gasteiger partial charge in [0.1, 0.15) is 11.5 Å². The van der Waals surface area contributed by atoms with E-state index in [2.05, 4.69) is 0 Å². The van der Waals surface area contributed by atoms with E-state index >= 15 is 0 Å². The van der Waals surface area contributed by atoms with Gasteiger partial charge in [0.25, 0.3) is 0 Å². The normalized spacial score (nSPS) is 10.2. The molecule has 4 heteroatoms. The maximum atomic E-state index is 11.6. The number of ether oxygens (including phenoxy) is 1. The highest BCUT2D eigenvalue weighted by Gasteiger charge is 2.11. The number of carboxylic acids is 1. The highest BCUT2D eigenvalue weighted by atomic mass is 16.5. The second-order valence-corrected chi connectivity index (χ2v) is 4.64. The van der Waals surface area contributed by atoms with Crippen molar-refractivity contribution in [1.29, 1.82) is 0 Å². The van der Waals surface area contributed by atoms with E-state index in [-0.39, 0.29) is 11.3 Å². The summed E-state index contributed by atoms with van der Waals surface area (Å²) in [6.07, 6.45) is 0.458. The Hall–Kier alpha value is -2.62. The van der Waals surface area contributed by atoms with E-state index in [1.165, 1.54) is 6.07 Å². The number of hydrogen-bond acceptors (Lipinski definition) is 3. The van der Waals surface area contributed by atoms with Crippen LogP contribution in [0, 0.1) is 6.92 Å². The van der Waals surface area contributed by atoms with Crippen LogP contribution in [0.3, 0.4) is 0 Å². The molecule has 0 aromatic heterocycles. The molecule has 0 amide bonds. The Morgan fingerprint density at radius 1 is 1.10 bits per heavy atom. The van der Waals surface area contributed by atoms with Crippen LogP contribution < -0.4 is 4.74 Å². The maximum absolute atomic E-state index is 11.6. The number of Topliss-reactive ketones (excluding diaryl/α,β-unsaturated/α-hetero) is 1. The van der Waals surface area contributed by atoms with Crippen LogP contribution in [0.1, 0.15) is 39.6 Å². The van der Waals surface area contributed by atoms with E-state index in [1.54, 1.807) is 43.3 Å². The average Bonchev–Trinajstić information content (AvgIpc) is 2.49. The lowest BCUT2D eigenvalue weighted by atomic mass is 10.1. The molecule has 0 unspecified atom stereocenters. The third kappa shape index (κ3) is 3.28. The van der Waals surface area contributed by atoms with E-state index < -0.39 is 5.97 Å². The first-order valence-electron chi connectivity index (χ1n) is 6.67. The zero-order chi connectivity index (χ0) is 15.4. The van der Waals surface area contributed by atoms with Crippen LogP contribution in [-0.4, -0.2) is 16.9 Å². The summed E-state index contributed by atoms with van der Waals surface area (Å²) < 4.78 is 5.69. The standard InChI is InChI=1S/C17H16O4/c1-3-15(18)12-7-9-13(10-8-12)21-16-6-4-5-14(11(16)2)17(19)20/h4-10H,3H2,1-2H3,(H,19,20). The summed E-state index contributed by atoms with van der Waals surface area (Å²) in [5, 5.41) is 9.09. The number of carbonyl (C=O) groups excluding carboxylic acids is 1. The number of rotatable bonds is 5. The SMILES string of the molecule is CCC(=O)c1ccc(Oc2cccc(C(=O)O)c2C)cc1. The molecule has 0 aliphatic carbocycles. The molecule has 21 heavy (non-hydrogen) atoms. The van der Waals surface area contributed by atoms with E-state index in [1.807, 2.05) is 6.92 Å². The monoisotopic (exact) mass is 284 g/mol. The van der Waals surface area contributed by atoms with Crippen molar-refractivity contribution in [1.82, 2.24) is 0 Å². The molecule has 2 rings (SSSR count). The fourth-order valence-corrected chi connectivity index (χ4v) is 2.00. The van der Waals surface area contributed by atoms with Crippen molar-refractivity contribution < 1.29 is 19.4 Å². The lowest BCUT2D eigenvalue weighted by Crippen LogP contribution is -2.01. The van der Waals surface area contributed by atoms with Gasteiger partial charge in [-0.3, -0.25) is 4.79 Å². The zero-order valence-corrected chi connectivity index (χ0v) is 11.9. The molecule has 0 radical (unpaired) electrons. The summed E-state index contributed by atoms with van der Waals surface area (Å²) in [5.41, 5.74) is 1.42. The molecule has 0 fully saturated rings. The minimum absolute atomic E-state index is 0.0746. The van der Waals surface area contributed by atoms with E-state index in [0.717, 1.165) is 0 Å². The van der Waals surface area contributed by atoms with Gasteiger partial charge in [-0.15, -0.1) is 0 Å². The molecule has 2 aromatic rings. The highest BCUT2D eigenvalue weighted by molar-refractivity contribution is 5.95. The third-order valence-electron chi connectivity index (χ3n) is 3.24. The van der Waals surface area contributed by atoms with Crippen molar-refractivity contribution in [2.75, 3.05) is 0 Å². The van der Waals surface area contributed by atoms with E-state index in [4.69, 9.17) is 9.84 Å². The van der Waals surface area contributed by atoms with Crippen molar-refractivity contribution in [2.24, 2.45) is 0 Å². The smallest absolute Gasteiger partial charge is 0.336 e. The van der Waals surface area contributed by atoms with Crippen LogP contribution in [0.25, 0.3) is 0 Å². The topological polar surface area (TPSA) is 63.6 Å². The lowest BCUT2D eigenvalue weighted by Gasteiger charge is -2.10. The molecular formula is C17H16O4. The molecule has 2 aromatic carbocycles. The van der Waals surface area contributed by atoms with Crippen molar-refractivity contribution >= 4 is 11.8 Å². The molecule has 4 nitrogen and oxygen atoms in total. The molecule has 1 N–H and O–H groups in total. The molecule has 0 saturated heterocycles. The first-order chi connectivity index (χ1) is 10.0. The first kappa shape index (κ1) is 14.8. The van der Waals surface area contributed by atoms with Gasteiger partial charge in [0, 0.05) is 17.5 Å². The quantitative estimate of drug-likeness (QED) is 0.840. The molecule has 0 aliphatic heterocycles. The van der Waals surface area contributed by atoms with Gasteiger partial charge in [-0.2, -0.15) is 0 Å².